The maximum Gasteiger partial charge on any atom is 0.214 e. The van der Waals surface area contributed by atoms with Crippen LogP contribution in [0.1, 0.15) is 38.4 Å². The third kappa shape index (κ3) is 2.13. The third-order valence-electron chi connectivity index (χ3n) is 5.53. The fourth-order valence-electron chi connectivity index (χ4n) is 4.31. The number of nitrogens with zero attached hydrogens (tertiary/aromatic N) is 3. The molecule has 2 heterocycles. The lowest BCUT2D eigenvalue weighted by molar-refractivity contribution is -0.274. The van der Waals surface area contributed by atoms with Crippen molar-refractivity contribution in [2.75, 3.05) is 0 Å². The first-order chi connectivity index (χ1) is 12.8. The molecule has 0 spiro atoms. The van der Waals surface area contributed by atoms with Crippen LogP contribution in [-0.4, -0.2) is 11.7 Å². The standard InChI is InChI=1S/C19H16F2N4O2/c1-3-4-14-17(2)26-15(12-7-11(20)5-6-13(12)21)18(8-22,9-23)19(14,10-24)16(25)27-17/h5-7,14-15,25H,3-4H2,1-2H3. The average Bonchev–Trinajstić information content (AvgIpc) is 2.81. The Labute approximate surface area is 155 Å². The molecule has 2 aliphatic rings. The summed E-state index contributed by atoms with van der Waals surface area (Å²) in [5.74, 6) is -4.54. The summed E-state index contributed by atoms with van der Waals surface area (Å²) < 4.78 is 39.7. The Kier molecular flexibility index (Phi) is 4.18. The van der Waals surface area contributed by atoms with Crippen molar-refractivity contribution < 1.29 is 18.3 Å². The van der Waals surface area contributed by atoms with Gasteiger partial charge >= 0.3 is 0 Å². The summed E-state index contributed by atoms with van der Waals surface area (Å²) in [6, 6.07) is 8.15. The van der Waals surface area contributed by atoms with Crippen LogP contribution in [0.3, 0.4) is 0 Å². The Morgan fingerprint density at radius 1 is 1.19 bits per heavy atom. The van der Waals surface area contributed by atoms with Crippen molar-refractivity contribution in [3.05, 3.63) is 35.4 Å². The van der Waals surface area contributed by atoms with E-state index in [1.165, 1.54) is 6.92 Å². The van der Waals surface area contributed by atoms with Crippen molar-refractivity contribution in [2.45, 2.75) is 38.6 Å². The van der Waals surface area contributed by atoms with Crippen LogP contribution in [0.15, 0.2) is 18.2 Å². The van der Waals surface area contributed by atoms with E-state index >= 15 is 0 Å². The van der Waals surface area contributed by atoms with Gasteiger partial charge in [-0.1, -0.05) is 13.3 Å². The first-order valence-corrected chi connectivity index (χ1v) is 8.40. The van der Waals surface area contributed by atoms with Crippen LogP contribution in [0.5, 0.6) is 0 Å². The van der Waals surface area contributed by atoms with Crippen molar-refractivity contribution in [1.29, 1.82) is 21.2 Å². The Balaban J connectivity index is 2.36. The van der Waals surface area contributed by atoms with Crippen molar-refractivity contribution >= 4 is 5.90 Å². The van der Waals surface area contributed by atoms with Crippen LogP contribution >= 0.6 is 0 Å². The van der Waals surface area contributed by atoms with Gasteiger partial charge in [0, 0.05) is 12.5 Å². The van der Waals surface area contributed by atoms with Crippen LogP contribution in [0, 0.1) is 67.8 Å². The summed E-state index contributed by atoms with van der Waals surface area (Å²) in [7, 11) is 0. The Morgan fingerprint density at radius 2 is 1.85 bits per heavy atom. The zero-order valence-electron chi connectivity index (χ0n) is 14.7. The number of rotatable bonds is 3. The van der Waals surface area contributed by atoms with E-state index in [1.807, 2.05) is 13.0 Å². The van der Waals surface area contributed by atoms with Gasteiger partial charge in [-0.3, -0.25) is 5.41 Å². The van der Waals surface area contributed by atoms with Gasteiger partial charge in [-0.25, -0.2) is 8.78 Å². The van der Waals surface area contributed by atoms with Gasteiger partial charge in [0.05, 0.1) is 24.1 Å². The topological polar surface area (TPSA) is 114 Å². The highest BCUT2D eigenvalue weighted by Crippen LogP contribution is 2.67. The average molecular weight is 370 g/mol. The zero-order valence-corrected chi connectivity index (χ0v) is 14.7. The Bertz CT molecular complexity index is 930. The predicted molar refractivity (Wildman–Crippen MR) is 87.5 cm³/mol. The summed E-state index contributed by atoms with van der Waals surface area (Å²) in [5, 5.41) is 38.2. The lowest BCUT2D eigenvalue weighted by Crippen LogP contribution is -2.58. The van der Waals surface area contributed by atoms with Crippen LogP contribution in [0.25, 0.3) is 0 Å². The molecule has 1 N–H and O–H groups in total. The van der Waals surface area contributed by atoms with Crippen LogP contribution in [-0.2, 0) is 9.47 Å². The van der Waals surface area contributed by atoms with Gasteiger partial charge in [0.15, 0.2) is 5.41 Å². The second kappa shape index (κ2) is 6.01. The first kappa shape index (κ1) is 18.8. The van der Waals surface area contributed by atoms with E-state index < -0.39 is 46.2 Å². The number of hydrogen-bond donors (Lipinski definition) is 1. The van der Waals surface area contributed by atoms with Gasteiger partial charge in [0.2, 0.25) is 17.1 Å². The molecule has 1 aromatic rings. The molecule has 27 heavy (non-hydrogen) atoms. The number of benzene rings is 1. The molecule has 2 saturated heterocycles. The molecule has 0 aliphatic carbocycles. The van der Waals surface area contributed by atoms with Crippen molar-refractivity contribution in [1.82, 2.24) is 0 Å². The molecule has 0 aromatic heterocycles. The molecule has 138 valence electrons. The molecule has 4 unspecified atom stereocenters. The second-order valence-corrected chi connectivity index (χ2v) is 6.90. The highest BCUT2D eigenvalue weighted by Gasteiger charge is 2.79. The fourth-order valence-corrected chi connectivity index (χ4v) is 4.31. The maximum absolute atomic E-state index is 14.5. The SMILES string of the molecule is CCCC1C2(C)OC(=N)C1(C#N)C(C#N)(C#N)C(c1cc(F)ccc1F)O2. The number of ether oxygens (including phenoxy) is 2. The molecule has 2 bridgehead atoms. The molecule has 0 amide bonds. The minimum absolute atomic E-state index is 0.343. The molecule has 2 fully saturated rings. The van der Waals surface area contributed by atoms with E-state index in [0.29, 0.717) is 12.8 Å². The Hall–Kier alpha value is -3.02. The molecule has 8 heteroatoms. The van der Waals surface area contributed by atoms with Crippen LogP contribution in [0.4, 0.5) is 8.78 Å². The van der Waals surface area contributed by atoms with E-state index in [-0.39, 0.29) is 5.56 Å². The number of hydrogen-bond acceptors (Lipinski definition) is 6. The lowest BCUT2D eigenvalue weighted by atomic mass is 9.53. The maximum atomic E-state index is 14.5. The van der Waals surface area contributed by atoms with Crippen LogP contribution < -0.4 is 0 Å². The number of halogens is 2. The highest BCUT2D eigenvalue weighted by molar-refractivity contribution is 5.89. The number of nitriles is 3. The number of nitrogens with one attached hydrogen (secondary N) is 1. The quantitative estimate of drug-likeness (QED) is 0.871. The van der Waals surface area contributed by atoms with E-state index in [1.54, 1.807) is 12.1 Å². The monoisotopic (exact) mass is 370 g/mol. The molecule has 0 radical (unpaired) electrons. The molecule has 6 nitrogen and oxygen atoms in total. The minimum Gasteiger partial charge on any atom is -0.448 e. The van der Waals surface area contributed by atoms with Crippen molar-refractivity contribution in [3.63, 3.8) is 0 Å². The highest BCUT2D eigenvalue weighted by atomic mass is 19.1. The van der Waals surface area contributed by atoms with E-state index in [0.717, 1.165) is 18.2 Å². The largest absolute Gasteiger partial charge is 0.448 e. The van der Waals surface area contributed by atoms with E-state index in [4.69, 9.17) is 14.9 Å². The summed E-state index contributed by atoms with van der Waals surface area (Å²) in [6.07, 6.45) is -0.685. The molecular weight excluding hydrogens is 354 g/mol. The third-order valence-corrected chi connectivity index (χ3v) is 5.53. The smallest absolute Gasteiger partial charge is 0.214 e. The molecule has 1 aromatic carbocycles. The van der Waals surface area contributed by atoms with Crippen molar-refractivity contribution in [2.24, 2.45) is 16.7 Å². The van der Waals surface area contributed by atoms with Gasteiger partial charge in [-0.15, -0.1) is 0 Å². The predicted octanol–water partition coefficient (Wildman–Crippen LogP) is 3.72. The van der Waals surface area contributed by atoms with E-state index in [2.05, 4.69) is 0 Å². The normalized spacial score (nSPS) is 33.4. The molecule has 4 atom stereocenters. The fraction of sp³-hybridized carbons (Fsp3) is 0.474. The Morgan fingerprint density at radius 3 is 2.41 bits per heavy atom. The minimum atomic E-state index is -2.29. The summed E-state index contributed by atoms with van der Waals surface area (Å²) in [5.41, 5.74) is -4.62. The summed E-state index contributed by atoms with van der Waals surface area (Å²) in [4.78, 5) is 0. The van der Waals surface area contributed by atoms with Gasteiger partial charge in [0.25, 0.3) is 0 Å². The second-order valence-electron chi connectivity index (χ2n) is 6.90. The molecule has 3 rings (SSSR count). The molecule has 2 aliphatic heterocycles. The molecule has 0 saturated carbocycles. The van der Waals surface area contributed by atoms with Crippen molar-refractivity contribution in [3.8, 4) is 18.2 Å². The van der Waals surface area contributed by atoms with Gasteiger partial charge in [0.1, 0.15) is 17.7 Å². The van der Waals surface area contributed by atoms with Gasteiger partial charge < -0.3 is 9.47 Å². The lowest BCUT2D eigenvalue weighted by Gasteiger charge is -2.48. The van der Waals surface area contributed by atoms with Crippen LogP contribution in [0.2, 0.25) is 0 Å². The first-order valence-electron chi connectivity index (χ1n) is 8.40. The van der Waals surface area contributed by atoms with Gasteiger partial charge in [-0.05, 0) is 24.6 Å². The summed E-state index contributed by atoms with van der Waals surface area (Å²) in [6.45, 7) is 3.33. The van der Waals surface area contributed by atoms with Gasteiger partial charge in [-0.2, -0.15) is 15.8 Å². The molecular formula is C19H16F2N4O2. The zero-order chi connectivity index (χ0) is 20.0. The number of fused-ring (bicyclic) bond motifs is 2. The van der Waals surface area contributed by atoms with E-state index in [9.17, 15) is 24.6 Å². The summed E-state index contributed by atoms with van der Waals surface area (Å²) >= 11 is 0.